The van der Waals surface area contributed by atoms with E-state index in [2.05, 4.69) is 0 Å². The third-order valence-corrected chi connectivity index (χ3v) is 2.18. The van der Waals surface area contributed by atoms with Crippen LogP contribution < -0.4 is 0 Å². The van der Waals surface area contributed by atoms with Crippen LogP contribution in [0.25, 0.3) is 0 Å². The van der Waals surface area contributed by atoms with E-state index in [1.807, 2.05) is 6.92 Å². The van der Waals surface area contributed by atoms with Crippen LogP contribution >= 0.6 is 0 Å². The Morgan fingerprint density at radius 2 is 1.81 bits per heavy atom. The van der Waals surface area contributed by atoms with Crippen molar-refractivity contribution in [3.8, 4) is 0 Å². The summed E-state index contributed by atoms with van der Waals surface area (Å²) in [7, 11) is 0. The highest BCUT2D eigenvalue weighted by atomic mass is 16.5. The summed E-state index contributed by atoms with van der Waals surface area (Å²) in [4.78, 5) is 33.0. The second-order valence-corrected chi connectivity index (χ2v) is 3.86. The van der Waals surface area contributed by atoms with Gasteiger partial charge in [-0.3, -0.25) is 9.59 Å². The van der Waals surface area contributed by atoms with E-state index in [4.69, 9.17) is 9.84 Å². The van der Waals surface area contributed by atoms with Gasteiger partial charge in [0.25, 0.3) is 0 Å². The van der Waals surface area contributed by atoms with E-state index in [0.29, 0.717) is 6.42 Å². The number of ketones is 1. The second kappa shape index (κ2) is 6.98. The lowest BCUT2D eigenvalue weighted by Crippen LogP contribution is -2.26. The Balaban J connectivity index is 4.42. The van der Waals surface area contributed by atoms with Crippen molar-refractivity contribution in [2.45, 2.75) is 46.1 Å². The first kappa shape index (κ1) is 14.6. The standard InChI is InChI=1S/C11H18O5/c1-4-8(3)16-11(15)9(5-7(2)12)6-10(13)14/h8-9H,4-6H2,1-3H3,(H,13,14). The number of ether oxygens (including phenoxy) is 1. The largest absolute Gasteiger partial charge is 0.481 e. The van der Waals surface area contributed by atoms with Gasteiger partial charge < -0.3 is 14.6 Å². The lowest BCUT2D eigenvalue weighted by atomic mass is 9.99. The Hall–Kier alpha value is -1.39. The lowest BCUT2D eigenvalue weighted by Gasteiger charge is -2.16. The molecule has 0 aliphatic rings. The number of carbonyl (C=O) groups is 3. The van der Waals surface area contributed by atoms with Gasteiger partial charge >= 0.3 is 11.9 Å². The van der Waals surface area contributed by atoms with Crippen molar-refractivity contribution in [2.24, 2.45) is 5.92 Å². The van der Waals surface area contributed by atoms with E-state index in [1.54, 1.807) is 6.92 Å². The summed E-state index contributed by atoms with van der Waals surface area (Å²) < 4.78 is 5.01. The van der Waals surface area contributed by atoms with Gasteiger partial charge in [-0.25, -0.2) is 0 Å². The minimum absolute atomic E-state index is 0.0818. The van der Waals surface area contributed by atoms with Gasteiger partial charge in [0.15, 0.2) is 0 Å². The summed E-state index contributed by atoms with van der Waals surface area (Å²) in [6.07, 6.45) is -0.0436. The van der Waals surface area contributed by atoms with E-state index in [1.165, 1.54) is 6.92 Å². The fraction of sp³-hybridized carbons (Fsp3) is 0.727. The van der Waals surface area contributed by atoms with Gasteiger partial charge in [0, 0.05) is 6.42 Å². The van der Waals surface area contributed by atoms with Crippen LogP contribution in [0.15, 0.2) is 0 Å². The molecule has 0 bridgehead atoms. The van der Waals surface area contributed by atoms with E-state index >= 15 is 0 Å². The van der Waals surface area contributed by atoms with Crippen LogP contribution in [0.4, 0.5) is 0 Å². The van der Waals surface area contributed by atoms with Crippen LogP contribution in [0.5, 0.6) is 0 Å². The van der Waals surface area contributed by atoms with Crippen LogP contribution in [0.3, 0.4) is 0 Å². The molecule has 2 atom stereocenters. The van der Waals surface area contributed by atoms with Gasteiger partial charge in [0.2, 0.25) is 0 Å². The van der Waals surface area contributed by atoms with Crippen molar-refractivity contribution in [3.63, 3.8) is 0 Å². The molecule has 0 amide bonds. The first-order valence-electron chi connectivity index (χ1n) is 5.28. The van der Waals surface area contributed by atoms with Gasteiger partial charge in [0.05, 0.1) is 18.4 Å². The summed E-state index contributed by atoms with van der Waals surface area (Å²) >= 11 is 0. The number of Topliss-reactive ketones (excluding diaryl/α,β-unsaturated/α-hetero) is 1. The zero-order valence-electron chi connectivity index (χ0n) is 9.86. The molecule has 0 aromatic carbocycles. The third kappa shape index (κ3) is 6.16. The fourth-order valence-corrected chi connectivity index (χ4v) is 1.17. The zero-order valence-corrected chi connectivity index (χ0v) is 9.86. The number of hydrogen-bond acceptors (Lipinski definition) is 4. The van der Waals surface area contributed by atoms with Crippen molar-refractivity contribution in [2.75, 3.05) is 0 Å². The van der Waals surface area contributed by atoms with Crippen LogP contribution in [-0.2, 0) is 19.1 Å². The maximum absolute atomic E-state index is 11.5. The molecule has 2 unspecified atom stereocenters. The van der Waals surface area contributed by atoms with Crippen molar-refractivity contribution >= 4 is 17.7 Å². The lowest BCUT2D eigenvalue weighted by molar-refractivity contribution is -0.158. The molecule has 0 aromatic heterocycles. The molecular weight excluding hydrogens is 212 g/mol. The van der Waals surface area contributed by atoms with Crippen LogP contribution in [-0.4, -0.2) is 28.9 Å². The molecule has 16 heavy (non-hydrogen) atoms. The van der Waals surface area contributed by atoms with Crippen molar-refractivity contribution < 1.29 is 24.2 Å². The maximum atomic E-state index is 11.5. The molecule has 0 aliphatic heterocycles. The highest BCUT2D eigenvalue weighted by Gasteiger charge is 2.25. The Morgan fingerprint density at radius 3 is 2.19 bits per heavy atom. The molecule has 0 fully saturated rings. The summed E-state index contributed by atoms with van der Waals surface area (Å²) in [5.41, 5.74) is 0. The van der Waals surface area contributed by atoms with Gasteiger partial charge in [0.1, 0.15) is 5.78 Å². The SMILES string of the molecule is CCC(C)OC(=O)C(CC(C)=O)CC(=O)O. The monoisotopic (exact) mass is 230 g/mol. The molecule has 0 spiro atoms. The molecule has 5 nitrogen and oxygen atoms in total. The minimum Gasteiger partial charge on any atom is -0.481 e. The molecule has 0 aliphatic carbocycles. The van der Waals surface area contributed by atoms with E-state index in [-0.39, 0.29) is 24.7 Å². The molecule has 0 aromatic rings. The Bertz CT molecular complexity index is 256. The summed E-state index contributed by atoms with van der Waals surface area (Å²) in [5.74, 6) is -2.80. The van der Waals surface area contributed by atoms with Gasteiger partial charge in [-0.15, -0.1) is 0 Å². The number of carboxylic acids is 1. The topological polar surface area (TPSA) is 80.7 Å². The second-order valence-electron chi connectivity index (χ2n) is 3.86. The van der Waals surface area contributed by atoms with Crippen LogP contribution in [0.2, 0.25) is 0 Å². The van der Waals surface area contributed by atoms with Gasteiger partial charge in [-0.05, 0) is 20.3 Å². The normalized spacial score (nSPS) is 13.9. The maximum Gasteiger partial charge on any atom is 0.310 e. The number of aliphatic carboxylic acids is 1. The zero-order chi connectivity index (χ0) is 12.7. The fourth-order valence-electron chi connectivity index (χ4n) is 1.17. The van der Waals surface area contributed by atoms with Gasteiger partial charge in [-0.2, -0.15) is 0 Å². The summed E-state index contributed by atoms with van der Waals surface area (Å²) in [6.45, 7) is 4.91. The van der Waals surface area contributed by atoms with E-state index < -0.39 is 17.9 Å². The summed E-state index contributed by atoms with van der Waals surface area (Å²) in [5, 5.41) is 8.62. The van der Waals surface area contributed by atoms with Crippen LogP contribution in [0, 0.1) is 5.92 Å². The van der Waals surface area contributed by atoms with Crippen molar-refractivity contribution in [3.05, 3.63) is 0 Å². The Kier molecular flexibility index (Phi) is 6.37. The number of hydrogen-bond donors (Lipinski definition) is 1. The average Bonchev–Trinajstić information content (AvgIpc) is 2.15. The van der Waals surface area contributed by atoms with Gasteiger partial charge in [-0.1, -0.05) is 6.92 Å². The Labute approximate surface area is 94.8 Å². The van der Waals surface area contributed by atoms with Crippen molar-refractivity contribution in [1.82, 2.24) is 0 Å². The molecule has 5 heteroatoms. The molecule has 92 valence electrons. The highest BCUT2D eigenvalue weighted by Crippen LogP contribution is 2.13. The predicted octanol–water partition coefficient (Wildman–Crippen LogP) is 1.40. The quantitative estimate of drug-likeness (QED) is 0.668. The van der Waals surface area contributed by atoms with E-state index in [9.17, 15) is 14.4 Å². The molecule has 0 saturated carbocycles. The van der Waals surface area contributed by atoms with Crippen molar-refractivity contribution in [1.29, 1.82) is 0 Å². The molecule has 0 heterocycles. The predicted molar refractivity (Wildman–Crippen MR) is 56.9 cm³/mol. The number of carbonyl (C=O) groups excluding carboxylic acids is 2. The molecule has 0 radical (unpaired) electrons. The molecular formula is C11H18O5. The van der Waals surface area contributed by atoms with Crippen LogP contribution in [0.1, 0.15) is 40.0 Å². The average molecular weight is 230 g/mol. The molecule has 0 saturated heterocycles. The van der Waals surface area contributed by atoms with E-state index in [0.717, 1.165) is 0 Å². The minimum atomic E-state index is -1.10. The Morgan fingerprint density at radius 1 is 1.25 bits per heavy atom. The first-order chi connectivity index (χ1) is 7.36. The molecule has 0 rings (SSSR count). The molecule has 1 N–H and O–H groups in total. The highest BCUT2D eigenvalue weighted by molar-refractivity contribution is 5.85. The summed E-state index contributed by atoms with van der Waals surface area (Å²) in [6, 6.07) is 0. The third-order valence-electron chi connectivity index (χ3n) is 2.18. The number of esters is 1. The smallest absolute Gasteiger partial charge is 0.310 e. The number of carboxylic acid groups (broad SMARTS) is 1. The first-order valence-corrected chi connectivity index (χ1v) is 5.28. The number of rotatable bonds is 7.